The summed E-state index contributed by atoms with van der Waals surface area (Å²) in [5.41, 5.74) is 1.73. The van der Waals surface area contributed by atoms with Crippen LogP contribution in [0.1, 0.15) is 59.1 Å². The molecule has 162 valence electrons. The molecule has 0 radical (unpaired) electrons. The SMILES string of the molecule is Cc1nnc(N2C(=O)c3oc4ccc(F)cc4c(=O)c3C2c2ccc(C(C)(C)C)cc2)s1. The molecule has 0 fully saturated rings. The number of fused-ring (bicyclic) bond motifs is 2. The molecule has 0 aliphatic carbocycles. The van der Waals surface area contributed by atoms with Gasteiger partial charge < -0.3 is 4.42 Å². The zero-order valence-corrected chi connectivity index (χ0v) is 18.8. The zero-order chi connectivity index (χ0) is 22.8. The Morgan fingerprint density at radius 2 is 1.78 bits per heavy atom. The molecule has 1 aliphatic heterocycles. The van der Waals surface area contributed by atoms with Gasteiger partial charge in [-0.25, -0.2) is 4.39 Å². The normalized spacial score (nSPS) is 16.1. The highest BCUT2D eigenvalue weighted by Gasteiger charge is 2.45. The predicted molar refractivity (Wildman–Crippen MR) is 121 cm³/mol. The highest BCUT2D eigenvalue weighted by molar-refractivity contribution is 7.15. The van der Waals surface area contributed by atoms with E-state index in [0.717, 1.165) is 17.2 Å². The van der Waals surface area contributed by atoms with Crippen molar-refractivity contribution in [2.45, 2.75) is 39.2 Å². The van der Waals surface area contributed by atoms with Gasteiger partial charge in [-0.2, -0.15) is 0 Å². The van der Waals surface area contributed by atoms with Gasteiger partial charge >= 0.3 is 0 Å². The Labute approximate surface area is 187 Å². The van der Waals surface area contributed by atoms with Crippen molar-refractivity contribution in [1.82, 2.24) is 10.2 Å². The van der Waals surface area contributed by atoms with Crippen molar-refractivity contribution in [1.29, 1.82) is 0 Å². The molecular weight excluding hydrogens is 429 g/mol. The number of hydrogen-bond acceptors (Lipinski definition) is 6. The summed E-state index contributed by atoms with van der Waals surface area (Å²) >= 11 is 1.26. The van der Waals surface area contributed by atoms with E-state index in [2.05, 4.69) is 31.0 Å². The summed E-state index contributed by atoms with van der Waals surface area (Å²) in [5, 5.41) is 9.35. The summed E-state index contributed by atoms with van der Waals surface area (Å²) in [7, 11) is 0. The van der Waals surface area contributed by atoms with Crippen molar-refractivity contribution < 1.29 is 13.6 Å². The lowest BCUT2D eigenvalue weighted by Gasteiger charge is -2.24. The van der Waals surface area contributed by atoms with Crippen LogP contribution in [0.5, 0.6) is 0 Å². The van der Waals surface area contributed by atoms with Crippen LogP contribution in [0.4, 0.5) is 9.52 Å². The van der Waals surface area contributed by atoms with E-state index >= 15 is 0 Å². The lowest BCUT2D eigenvalue weighted by atomic mass is 9.86. The predicted octanol–water partition coefficient (Wildman–Crippen LogP) is 5.14. The number of amides is 1. The van der Waals surface area contributed by atoms with Crippen LogP contribution < -0.4 is 10.3 Å². The first kappa shape index (κ1) is 20.5. The first-order chi connectivity index (χ1) is 15.1. The largest absolute Gasteiger partial charge is 0.450 e. The quantitative estimate of drug-likeness (QED) is 0.424. The molecule has 2 aromatic heterocycles. The minimum absolute atomic E-state index is 0.0492. The molecule has 5 rings (SSSR count). The molecule has 0 spiro atoms. The molecule has 0 N–H and O–H groups in total. The number of aromatic nitrogens is 2. The van der Waals surface area contributed by atoms with Gasteiger partial charge in [-0.1, -0.05) is 56.4 Å². The first-order valence-corrected chi connectivity index (χ1v) is 11.0. The van der Waals surface area contributed by atoms with Gasteiger partial charge in [0.15, 0.2) is 5.43 Å². The molecule has 2 aromatic carbocycles. The molecule has 1 unspecified atom stereocenters. The van der Waals surface area contributed by atoms with Crippen LogP contribution in [-0.4, -0.2) is 16.1 Å². The maximum atomic E-state index is 13.9. The van der Waals surface area contributed by atoms with E-state index < -0.39 is 23.2 Å². The van der Waals surface area contributed by atoms with Crippen LogP contribution >= 0.6 is 11.3 Å². The Morgan fingerprint density at radius 3 is 2.41 bits per heavy atom. The summed E-state index contributed by atoms with van der Waals surface area (Å²) in [6, 6.07) is 10.8. The number of benzene rings is 2. The lowest BCUT2D eigenvalue weighted by Crippen LogP contribution is -2.29. The molecule has 6 nitrogen and oxygen atoms in total. The van der Waals surface area contributed by atoms with Crippen LogP contribution in [0.25, 0.3) is 11.0 Å². The fourth-order valence-corrected chi connectivity index (χ4v) is 4.72. The number of nitrogens with zero attached hydrogens (tertiary/aromatic N) is 3. The average molecular weight is 450 g/mol. The van der Waals surface area contributed by atoms with Gasteiger partial charge in [0.05, 0.1) is 17.0 Å². The Kier molecular flexibility index (Phi) is 4.53. The van der Waals surface area contributed by atoms with Crippen LogP contribution in [0, 0.1) is 12.7 Å². The van der Waals surface area contributed by atoms with Crippen LogP contribution in [0.15, 0.2) is 51.7 Å². The number of carbonyl (C=O) groups excluding carboxylic acids is 1. The van der Waals surface area contributed by atoms with E-state index in [9.17, 15) is 14.0 Å². The number of hydrogen-bond donors (Lipinski definition) is 0. The van der Waals surface area contributed by atoms with Gasteiger partial charge in [-0.3, -0.25) is 14.5 Å². The summed E-state index contributed by atoms with van der Waals surface area (Å²) in [4.78, 5) is 28.4. The third kappa shape index (κ3) is 3.14. The fraction of sp³-hybridized carbons (Fsp3) is 0.250. The van der Waals surface area contributed by atoms with Crippen LogP contribution in [0.3, 0.4) is 0 Å². The van der Waals surface area contributed by atoms with E-state index in [4.69, 9.17) is 4.42 Å². The van der Waals surface area contributed by atoms with Gasteiger partial charge in [-0.15, -0.1) is 10.2 Å². The average Bonchev–Trinajstić information content (AvgIpc) is 3.29. The highest BCUT2D eigenvalue weighted by atomic mass is 32.1. The maximum Gasteiger partial charge on any atom is 0.297 e. The molecule has 0 saturated heterocycles. The molecule has 8 heteroatoms. The maximum absolute atomic E-state index is 13.9. The molecule has 1 atom stereocenters. The van der Waals surface area contributed by atoms with Crippen molar-refractivity contribution in [2.24, 2.45) is 0 Å². The van der Waals surface area contributed by atoms with E-state index in [1.807, 2.05) is 24.3 Å². The Balaban J connectivity index is 1.77. The van der Waals surface area contributed by atoms with Gasteiger partial charge in [0.25, 0.3) is 5.91 Å². The Bertz CT molecular complexity index is 1430. The van der Waals surface area contributed by atoms with Crippen molar-refractivity contribution in [3.8, 4) is 0 Å². The Morgan fingerprint density at radius 1 is 1.06 bits per heavy atom. The molecule has 0 saturated carbocycles. The van der Waals surface area contributed by atoms with E-state index in [1.165, 1.54) is 28.4 Å². The minimum Gasteiger partial charge on any atom is -0.450 e. The second kappa shape index (κ2) is 7.06. The molecule has 1 aliphatic rings. The molecule has 4 aromatic rings. The smallest absolute Gasteiger partial charge is 0.297 e. The number of aryl methyl sites for hydroxylation is 1. The van der Waals surface area contributed by atoms with Crippen molar-refractivity contribution in [2.75, 3.05) is 4.90 Å². The van der Waals surface area contributed by atoms with Gasteiger partial charge in [0, 0.05) is 0 Å². The van der Waals surface area contributed by atoms with E-state index in [0.29, 0.717) is 10.1 Å². The third-order valence-corrected chi connectivity index (χ3v) is 6.48. The monoisotopic (exact) mass is 449 g/mol. The first-order valence-electron chi connectivity index (χ1n) is 10.2. The summed E-state index contributed by atoms with van der Waals surface area (Å²) in [6.45, 7) is 8.13. The second-order valence-electron chi connectivity index (χ2n) is 8.87. The van der Waals surface area contributed by atoms with E-state index in [1.54, 1.807) is 6.92 Å². The van der Waals surface area contributed by atoms with Crippen molar-refractivity contribution in [3.05, 3.63) is 86.0 Å². The van der Waals surface area contributed by atoms with Crippen molar-refractivity contribution in [3.63, 3.8) is 0 Å². The number of carbonyl (C=O) groups is 1. The highest BCUT2D eigenvalue weighted by Crippen LogP contribution is 2.42. The second-order valence-corrected chi connectivity index (χ2v) is 10.0. The number of rotatable bonds is 2. The summed E-state index contributed by atoms with van der Waals surface area (Å²) in [5.74, 6) is -1.06. The molecule has 0 bridgehead atoms. The van der Waals surface area contributed by atoms with E-state index in [-0.39, 0.29) is 27.7 Å². The molecule has 1 amide bonds. The standard InChI is InChI=1S/C24H20FN3O3S/c1-12-26-27-23(32-12)28-19(13-5-7-14(8-6-13)24(2,3)4)18-20(29)16-11-15(25)9-10-17(16)31-21(18)22(28)30/h5-11,19H,1-4H3. The fourth-order valence-electron chi connectivity index (χ4n) is 4.01. The molecule has 3 heterocycles. The minimum atomic E-state index is -0.747. The molecular formula is C24H20FN3O3S. The number of anilines is 1. The van der Waals surface area contributed by atoms with Crippen LogP contribution in [-0.2, 0) is 5.41 Å². The topological polar surface area (TPSA) is 76.3 Å². The van der Waals surface area contributed by atoms with Gasteiger partial charge in [0.2, 0.25) is 10.9 Å². The summed E-state index contributed by atoms with van der Waals surface area (Å²) in [6.07, 6.45) is 0. The molecule has 32 heavy (non-hydrogen) atoms. The Hall–Kier alpha value is -3.39. The lowest BCUT2D eigenvalue weighted by molar-refractivity contribution is 0.0970. The van der Waals surface area contributed by atoms with Gasteiger partial charge in [-0.05, 0) is 41.7 Å². The van der Waals surface area contributed by atoms with Crippen LogP contribution in [0.2, 0.25) is 0 Å². The third-order valence-electron chi connectivity index (χ3n) is 5.65. The summed E-state index contributed by atoms with van der Waals surface area (Å²) < 4.78 is 19.7. The number of halogens is 1. The van der Waals surface area contributed by atoms with Crippen molar-refractivity contribution >= 4 is 33.3 Å². The van der Waals surface area contributed by atoms with Gasteiger partial charge in [0.1, 0.15) is 16.4 Å². The zero-order valence-electron chi connectivity index (χ0n) is 18.0.